The van der Waals surface area contributed by atoms with Gasteiger partial charge in [0.05, 0.1) is 0 Å². The number of aliphatic carboxylic acids is 1. The molecule has 0 rings (SSSR count). The molecule has 0 aromatic heterocycles. The van der Waals surface area contributed by atoms with Crippen LogP contribution in [0.1, 0.15) is 26.7 Å². The average Bonchev–Trinajstić information content (AvgIpc) is 2.21. The van der Waals surface area contributed by atoms with Crippen molar-refractivity contribution < 1.29 is 14.7 Å². The highest BCUT2D eigenvalue weighted by atomic mass is 16.4. The van der Waals surface area contributed by atoms with Crippen LogP contribution in [0.3, 0.4) is 0 Å². The monoisotopic (exact) mass is 245 g/mol. The summed E-state index contributed by atoms with van der Waals surface area (Å²) in [4.78, 5) is 23.6. The van der Waals surface area contributed by atoms with Gasteiger partial charge in [-0.05, 0) is 34.4 Å². The Morgan fingerprint density at radius 2 is 1.82 bits per heavy atom. The first-order valence-electron chi connectivity index (χ1n) is 5.66. The standard InChI is InChI=1S/C11H23N3O3/c1-11(2,14(3)4)8-13-10(17)12-7-5-6-9(15)16/h5-8H2,1-4H3,(H,15,16)(H2,12,13,17). The highest BCUT2D eigenvalue weighted by molar-refractivity contribution is 5.74. The molecule has 6 heteroatoms. The third kappa shape index (κ3) is 7.57. The van der Waals surface area contributed by atoms with Crippen molar-refractivity contribution in [3.05, 3.63) is 0 Å². The lowest BCUT2D eigenvalue weighted by atomic mass is 10.1. The van der Waals surface area contributed by atoms with Gasteiger partial charge < -0.3 is 20.6 Å². The van der Waals surface area contributed by atoms with Crippen LogP contribution in [-0.2, 0) is 4.79 Å². The molecule has 3 N–H and O–H groups in total. The third-order valence-electron chi connectivity index (χ3n) is 2.75. The lowest BCUT2D eigenvalue weighted by Crippen LogP contribution is -2.50. The molecule has 6 nitrogen and oxygen atoms in total. The number of nitrogens with zero attached hydrogens (tertiary/aromatic N) is 1. The minimum atomic E-state index is -0.846. The van der Waals surface area contributed by atoms with Crippen molar-refractivity contribution in [2.45, 2.75) is 32.2 Å². The molecule has 100 valence electrons. The quantitative estimate of drug-likeness (QED) is 0.570. The predicted octanol–water partition coefficient (Wildman–Crippen LogP) is 0.491. The zero-order valence-electron chi connectivity index (χ0n) is 11.0. The fraction of sp³-hybridized carbons (Fsp3) is 0.818. The van der Waals surface area contributed by atoms with Crippen LogP contribution in [0.5, 0.6) is 0 Å². The summed E-state index contributed by atoms with van der Waals surface area (Å²) in [5, 5.41) is 13.8. The van der Waals surface area contributed by atoms with Crippen molar-refractivity contribution in [1.29, 1.82) is 0 Å². The fourth-order valence-electron chi connectivity index (χ4n) is 0.959. The smallest absolute Gasteiger partial charge is 0.314 e. The van der Waals surface area contributed by atoms with E-state index in [1.54, 1.807) is 0 Å². The number of amides is 2. The Balaban J connectivity index is 3.70. The van der Waals surface area contributed by atoms with E-state index in [2.05, 4.69) is 10.6 Å². The van der Waals surface area contributed by atoms with Crippen LogP contribution in [0, 0.1) is 0 Å². The van der Waals surface area contributed by atoms with Gasteiger partial charge in [-0.15, -0.1) is 0 Å². The fourth-order valence-corrected chi connectivity index (χ4v) is 0.959. The Labute approximate surface area is 102 Å². The summed E-state index contributed by atoms with van der Waals surface area (Å²) in [6.07, 6.45) is 0.517. The molecule has 0 aromatic carbocycles. The van der Waals surface area contributed by atoms with E-state index >= 15 is 0 Å². The summed E-state index contributed by atoms with van der Waals surface area (Å²) in [6.45, 7) is 4.96. The Kier molecular flexibility index (Phi) is 6.57. The van der Waals surface area contributed by atoms with Crippen LogP contribution in [0.15, 0.2) is 0 Å². The van der Waals surface area contributed by atoms with E-state index in [-0.39, 0.29) is 18.0 Å². The molecule has 0 saturated carbocycles. The second-order valence-electron chi connectivity index (χ2n) is 4.81. The van der Waals surface area contributed by atoms with Gasteiger partial charge in [-0.25, -0.2) is 4.79 Å². The first-order valence-corrected chi connectivity index (χ1v) is 5.66. The average molecular weight is 245 g/mol. The first-order chi connectivity index (χ1) is 7.75. The van der Waals surface area contributed by atoms with Crippen LogP contribution in [0.4, 0.5) is 4.79 Å². The lowest BCUT2D eigenvalue weighted by Gasteiger charge is -2.32. The Bertz CT molecular complexity index is 265. The summed E-state index contributed by atoms with van der Waals surface area (Å²) < 4.78 is 0. The zero-order chi connectivity index (χ0) is 13.5. The van der Waals surface area contributed by atoms with Gasteiger partial charge in [0.25, 0.3) is 0 Å². The summed E-state index contributed by atoms with van der Waals surface area (Å²) in [6, 6.07) is -0.259. The molecule has 0 radical (unpaired) electrons. The van der Waals surface area contributed by atoms with E-state index < -0.39 is 5.97 Å². The minimum absolute atomic E-state index is 0.0729. The number of carboxylic acids is 1. The van der Waals surface area contributed by atoms with Gasteiger partial charge in [0.2, 0.25) is 0 Å². The minimum Gasteiger partial charge on any atom is -0.481 e. The summed E-state index contributed by atoms with van der Waals surface area (Å²) in [5.74, 6) is -0.846. The molecule has 0 aliphatic rings. The molecule has 2 amide bonds. The van der Waals surface area contributed by atoms with Gasteiger partial charge >= 0.3 is 12.0 Å². The third-order valence-corrected chi connectivity index (χ3v) is 2.75. The number of nitrogens with one attached hydrogen (secondary N) is 2. The Morgan fingerprint density at radius 1 is 1.24 bits per heavy atom. The number of hydrogen-bond acceptors (Lipinski definition) is 3. The van der Waals surface area contributed by atoms with Gasteiger partial charge in [-0.1, -0.05) is 0 Å². The number of urea groups is 1. The predicted molar refractivity (Wildman–Crippen MR) is 66.0 cm³/mol. The SMILES string of the molecule is CN(C)C(C)(C)CNC(=O)NCCCC(=O)O. The maximum Gasteiger partial charge on any atom is 0.314 e. The molecular weight excluding hydrogens is 222 g/mol. The van der Waals surface area contributed by atoms with Crippen molar-refractivity contribution in [3.8, 4) is 0 Å². The summed E-state index contributed by atoms with van der Waals surface area (Å²) in [7, 11) is 3.90. The molecule has 0 aliphatic carbocycles. The molecule has 0 saturated heterocycles. The molecule has 0 heterocycles. The van der Waals surface area contributed by atoms with Crippen LogP contribution < -0.4 is 10.6 Å². The highest BCUT2D eigenvalue weighted by Crippen LogP contribution is 2.07. The van der Waals surface area contributed by atoms with Crippen molar-refractivity contribution in [2.75, 3.05) is 27.2 Å². The Morgan fingerprint density at radius 3 is 2.29 bits per heavy atom. The number of likely N-dealkylation sites (N-methyl/N-ethyl adjacent to an activating group) is 1. The van der Waals surface area contributed by atoms with Gasteiger partial charge in [-0.2, -0.15) is 0 Å². The normalized spacial score (nSPS) is 11.4. The molecule has 0 bridgehead atoms. The number of carbonyl (C=O) groups is 2. The van der Waals surface area contributed by atoms with Gasteiger partial charge in [-0.3, -0.25) is 4.79 Å². The van der Waals surface area contributed by atoms with Crippen LogP contribution in [0.2, 0.25) is 0 Å². The van der Waals surface area contributed by atoms with Gasteiger partial charge in [0.1, 0.15) is 0 Å². The molecule has 17 heavy (non-hydrogen) atoms. The largest absolute Gasteiger partial charge is 0.481 e. The van der Waals surface area contributed by atoms with Crippen LogP contribution in [-0.4, -0.2) is 54.7 Å². The maximum absolute atomic E-state index is 11.4. The second kappa shape index (κ2) is 7.11. The lowest BCUT2D eigenvalue weighted by molar-refractivity contribution is -0.137. The first kappa shape index (κ1) is 15.7. The van der Waals surface area contributed by atoms with Gasteiger partial charge in [0.15, 0.2) is 0 Å². The molecule has 0 unspecified atom stereocenters. The summed E-state index contributed by atoms with van der Waals surface area (Å²) >= 11 is 0. The van der Waals surface area contributed by atoms with Crippen LogP contribution in [0.25, 0.3) is 0 Å². The highest BCUT2D eigenvalue weighted by Gasteiger charge is 2.20. The van der Waals surface area contributed by atoms with Gasteiger partial charge in [0, 0.05) is 25.0 Å². The van der Waals surface area contributed by atoms with E-state index in [4.69, 9.17) is 5.11 Å². The van der Waals surface area contributed by atoms with Crippen molar-refractivity contribution in [1.82, 2.24) is 15.5 Å². The van der Waals surface area contributed by atoms with E-state index in [0.717, 1.165) is 0 Å². The van der Waals surface area contributed by atoms with Crippen molar-refractivity contribution in [2.24, 2.45) is 0 Å². The van der Waals surface area contributed by atoms with Crippen LogP contribution >= 0.6 is 0 Å². The maximum atomic E-state index is 11.4. The Hall–Kier alpha value is -1.30. The number of hydrogen-bond donors (Lipinski definition) is 3. The molecular formula is C11H23N3O3. The number of rotatable bonds is 7. The molecule has 0 aliphatic heterocycles. The van der Waals surface area contributed by atoms with Crippen molar-refractivity contribution in [3.63, 3.8) is 0 Å². The van der Waals surface area contributed by atoms with E-state index in [1.807, 2.05) is 32.8 Å². The van der Waals surface area contributed by atoms with E-state index in [1.165, 1.54) is 0 Å². The van der Waals surface area contributed by atoms with E-state index in [0.29, 0.717) is 19.5 Å². The summed E-state index contributed by atoms with van der Waals surface area (Å²) in [5.41, 5.74) is -0.113. The van der Waals surface area contributed by atoms with Crippen molar-refractivity contribution >= 4 is 12.0 Å². The molecule has 0 spiro atoms. The second-order valence-corrected chi connectivity index (χ2v) is 4.81. The molecule has 0 fully saturated rings. The zero-order valence-corrected chi connectivity index (χ0v) is 11.0. The number of carboxylic acid groups (broad SMARTS) is 1. The molecule has 0 atom stereocenters. The number of carbonyl (C=O) groups excluding carboxylic acids is 1. The molecule has 0 aromatic rings. The van der Waals surface area contributed by atoms with E-state index in [9.17, 15) is 9.59 Å². The topological polar surface area (TPSA) is 81.7 Å².